The number of benzene rings is 1. The number of hydrogen-bond donors (Lipinski definition) is 1. The maximum Gasteiger partial charge on any atom is 0.143 e. The number of rotatable bonds is 6. The molecule has 0 fully saturated rings. The summed E-state index contributed by atoms with van der Waals surface area (Å²) in [6, 6.07) is 7.04. The summed E-state index contributed by atoms with van der Waals surface area (Å²) in [6.45, 7) is 5.87. The van der Waals surface area contributed by atoms with Gasteiger partial charge in [0, 0.05) is 19.1 Å². The van der Waals surface area contributed by atoms with E-state index in [1.54, 1.807) is 12.1 Å². The van der Waals surface area contributed by atoms with Crippen molar-refractivity contribution in [1.29, 1.82) is 5.26 Å². The summed E-state index contributed by atoms with van der Waals surface area (Å²) >= 11 is 0. The van der Waals surface area contributed by atoms with Crippen molar-refractivity contribution in [3.63, 3.8) is 0 Å². The highest BCUT2D eigenvalue weighted by Crippen LogP contribution is 2.17. The van der Waals surface area contributed by atoms with E-state index >= 15 is 0 Å². The molecule has 4 heteroatoms. The average Bonchev–Trinajstić information content (AvgIpc) is 2.37. The number of nitriles is 1. The van der Waals surface area contributed by atoms with Gasteiger partial charge in [0.2, 0.25) is 0 Å². The fraction of sp³-hybridized carbons (Fsp3) is 0.500. The fourth-order valence-corrected chi connectivity index (χ4v) is 1.68. The van der Waals surface area contributed by atoms with Crippen LogP contribution in [0.4, 0.5) is 10.1 Å². The Morgan fingerprint density at radius 1 is 1.50 bits per heavy atom. The van der Waals surface area contributed by atoms with Gasteiger partial charge in [-0.3, -0.25) is 0 Å². The van der Waals surface area contributed by atoms with E-state index in [1.807, 2.05) is 6.07 Å². The van der Waals surface area contributed by atoms with Crippen LogP contribution in [0.5, 0.6) is 0 Å². The van der Waals surface area contributed by atoms with E-state index in [2.05, 4.69) is 31.1 Å². The first-order chi connectivity index (χ1) is 8.60. The zero-order valence-electron chi connectivity index (χ0n) is 11.2. The topological polar surface area (TPSA) is 39.1 Å². The quantitative estimate of drug-likeness (QED) is 0.842. The Kier molecular flexibility index (Phi) is 5.60. The van der Waals surface area contributed by atoms with E-state index in [0.29, 0.717) is 18.3 Å². The van der Waals surface area contributed by atoms with E-state index < -0.39 is 5.82 Å². The van der Waals surface area contributed by atoms with Crippen LogP contribution in [-0.2, 0) is 0 Å². The van der Waals surface area contributed by atoms with Crippen molar-refractivity contribution in [3.05, 3.63) is 29.6 Å². The molecule has 1 unspecified atom stereocenters. The van der Waals surface area contributed by atoms with Gasteiger partial charge in [-0.05, 0) is 32.5 Å². The molecule has 0 aromatic heterocycles. The standard InChI is InChI=1S/C14H20FN3/c1-4-11(2)18(3)9-8-17-14-7-5-6-13(15)12(14)10-16/h5-7,11,17H,4,8-9H2,1-3H3. The van der Waals surface area contributed by atoms with Crippen molar-refractivity contribution in [3.8, 4) is 6.07 Å². The number of anilines is 1. The first-order valence-electron chi connectivity index (χ1n) is 6.22. The molecule has 3 nitrogen and oxygen atoms in total. The minimum absolute atomic E-state index is 0.0868. The summed E-state index contributed by atoms with van der Waals surface area (Å²) in [4.78, 5) is 2.23. The van der Waals surface area contributed by atoms with E-state index in [1.165, 1.54) is 6.07 Å². The first-order valence-corrected chi connectivity index (χ1v) is 6.22. The largest absolute Gasteiger partial charge is 0.383 e. The smallest absolute Gasteiger partial charge is 0.143 e. The Labute approximate surface area is 108 Å². The summed E-state index contributed by atoms with van der Waals surface area (Å²) in [5.74, 6) is -0.474. The normalized spacial score (nSPS) is 12.2. The Morgan fingerprint density at radius 2 is 2.22 bits per heavy atom. The molecule has 18 heavy (non-hydrogen) atoms. The van der Waals surface area contributed by atoms with Gasteiger partial charge in [-0.1, -0.05) is 13.0 Å². The molecular formula is C14H20FN3. The van der Waals surface area contributed by atoms with Gasteiger partial charge in [0.15, 0.2) is 0 Å². The van der Waals surface area contributed by atoms with E-state index in [0.717, 1.165) is 13.0 Å². The fourth-order valence-electron chi connectivity index (χ4n) is 1.68. The molecule has 1 aromatic carbocycles. The Hall–Kier alpha value is -1.60. The highest BCUT2D eigenvalue weighted by Gasteiger charge is 2.08. The van der Waals surface area contributed by atoms with Crippen molar-refractivity contribution in [2.45, 2.75) is 26.3 Å². The maximum atomic E-state index is 13.3. The van der Waals surface area contributed by atoms with Crippen LogP contribution in [0.2, 0.25) is 0 Å². The molecule has 0 bridgehead atoms. The third-order valence-corrected chi connectivity index (χ3v) is 3.25. The number of likely N-dealkylation sites (N-methyl/N-ethyl adjacent to an activating group) is 1. The second kappa shape index (κ2) is 6.97. The van der Waals surface area contributed by atoms with Gasteiger partial charge in [0.1, 0.15) is 17.4 Å². The van der Waals surface area contributed by atoms with Crippen LogP contribution >= 0.6 is 0 Å². The van der Waals surface area contributed by atoms with Crippen molar-refractivity contribution in [2.75, 3.05) is 25.5 Å². The van der Waals surface area contributed by atoms with Crippen LogP contribution in [0.15, 0.2) is 18.2 Å². The highest BCUT2D eigenvalue weighted by atomic mass is 19.1. The molecular weight excluding hydrogens is 229 g/mol. The molecule has 98 valence electrons. The molecule has 0 amide bonds. The molecule has 0 heterocycles. The van der Waals surface area contributed by atoms with E-state index in [-0.39, 0.29) is 5.56 Å². The van der Waals surface area contributed by atoms with E-state index in [9.17, 15) is 4.39 Å². The minimum atomic E-state index is -0.474. The van der Waals surface area contributed by atoms with Gasteiger partial charge in [0.05, 0.1) is 5.69 Å². The lowest BCUT2D eigenvalue weighted by atomic mass is 10.2. The van der Waals surface area contributed by atoms with Gasteiger partial charge in [-0.15, -0.1) is 0 Å². The van der Waals surface area contributed by atoms with Crippen molar-refractivity contribution >= 4 is 5.69 Å². The number of hydrogen-bond acceptors (Lipinski definition) is 3. The summed E-state index contributed by atoms with van der Waals surface area (Å²) in [5, 5.41) is 12.0. The second-order valence-electron chi connectivity index (χ2n) is 4.44. The maximum absolute atomic E-state index is 13.3. The average molecular weight is 249 g/mol. The lowest BCUT2D eigenvalue weighted by Gasteiger charge is -2.23. The molecule has 1 rings (SSSR count). The van der Waals surface area contributed by atoms with Crippen molar-refractivity contribution in [1.82, 2.24) is 4.90 Å². The summed E-state index contributed by atoms with van der Waals surface area (Å²) in [5.41, 5.74) is 0.652. The lowest BCUT2D eigenvalue weighted by molar-refractivity contribution is 0.261. The third kappa shape index (κ3) is 3.71. The van der Waals surface area contributed by atoms with Crippen LogP contribution < -0.4 is 5.32 Å². The predicted octanol–water partition coefficient (Wildman–Crippen LogP) is 2.84. The molecule has 1 atom stereocenters. The van der Waals surface area contributed by atoms with Crippen molar-refractivity contribution < 1.29 is 4.39 Å². The molecule has 0 radical (unpaired) electrons. The van der Waals surface area contributed by atoms with Gasteiger partial charge in [0.25, 0.3) is 0 Å². The van der Waals surface area contributed by atoms with Gasteiger partial charge in [-0.25, -0.2) is 4.39 Å². The summed E-state index contributed by atoms with van der Waals surface area (Å²) < 4.78 is 13.3. The highest BCUT2D eigenvalue weighted by molar-refractivity contribution is 5.57. The SMILES string of the molecule is CCC(C)N(C)CCNc1cccc(F)c1C#N. The van der Waals surface area contributed by atoms with Crippen molar-refractivity contribution in [2.24, 2.45) is 0 Å². The van der Waals surface area contributed by atoms with Gasteiger partial charge >= 0.3 is 0 Å². The second-order valence-corrected chi connectivity index (χ2v) is 4.44. The Balaban J connectivity index is 2.55. The van der Waals surface area contributed by atoms with Gasteiger partial charge < -0.3 is 10.2 Å². The molecule has 0 aliphatic heterocycles. The number of halogens is 1. The predicted molar refractivity (Wildman–Crippen MR) is 72.0 cm³/mol. The number of nitrogens with zero attached hydrogens (tertiary/aromatic N) is 2. The molecule has 0 aliphatic carbocycles. The number of nitrogens with one attached hydrogen (secondary N) is 1. The van der Waals surface area contributed by atoms with Gasteiger partial charge in [-0.2, -0.15) is 5.26 Å². The molecule has 0 aliphatic rings. The molecule has 1 aromatic rings. The summed E-state index contributed by atoms with van der Waals surface area (Å²) in [6.07, 6.45) is 1.10. The molecule has 0 saturated heterocycles. The van der Waals surface area contributed by atoms with Crippen LogP contribution in [-0.4, -0.2) is 31.1 Å². The third-order valence-electron chi connectivity index (χ3n) is 3.25. The van der Waals surface area contributed by atoms with Crippen LogP contribution in [0.25, 0.3) is 0 Å². The zero-order valence-corrected chi connectivity index (χ0v) is 11.2. The van der Waals surface area contributed by atoms with Crippen LogP contribution in [0, 0.1) is 17.1 Å². The Bertz CT molecular complexity index is 426. The zero-order chi connectivity index (χ0) is 13.5. The molecule has 1 N–H and O–H groups in total. The lowest BCUT2D eigenvalue weighted by Crippen LogP contribution is -2.32. The first kappa shape index (κ1) is 14.5. The minimum Gasteiger partial charge on any atom is -0.383 e. The molecule has 0 saturated carbocycles. The summed E-state index contributed by atoms with van der Waals surface area (Å²) in [7, 11) is 2.06. The molecule has 0 spiro atoms. The van der Waals surface area contributed by atoms with Crippen LogP contribution in [0.3, 0.4) is 0 Å². The monoisotopic (exact) mass is 249 g/mol. The Morgan fingerprint density at radius 3 is 2.83 bits per heavy atom. The van der Waals surface area contributed by atoms with Crippen LogP contribution in [0.1, 0.15) is 25.8 Å². The van der Waals surface area contributed by atoms with E-state index in [4.69, 9.17) is 5.26 Å².